The van der Waals surface area contributed by atoms with E-state index < -0.39 is 0 Å². The number of aromatic nitrogens is 2. The summed E-state index contributed by atoms with van der Waals surface area (Å²) in [6, 6.07) is 0. The highest BCUT2D eigenvalue weighted by Crippen LogP contribution is 2.32. The van der Waals surface area contributed by atoms with E-state index in [1.807, 2.05) is 0 Å². The van der Waals surface area contributed by atoms with Crippen LogP contribution < -0.4 is 10.6 Å². The molecule has 116 valence electrons. The van der Waals surface area contributed by atoms with Crippen molar-refractivity contribution in [2.24, 2.45) is 17.1 Å². The molecule has 0 radical (unpaired) electrons. The van der Waals surface area contributed by atoms with Crippen LogP contribution in [0.4, 0.5) is 5.95 Å². The van der Waals surface area contributed by atoms with E-state index in [1.165, 1.54) is 0 Å². The van der Waals surface area contributed by atoms with Crippen LogP contribution in [0.1, 0.15) is 53.4 Å². The first-order valence-corrected chi connectivity index (χ1v) is 7.69. The summed E-state index contributed by atoms with van der Waals surface area (Å²) in [6.07, 6.45) is 2.91. The van der Waals surface area contributed by atoms with E-state index in [-0.39, 0.29) is 5.41 Å². The van der Waals surface area contributed by atoms with Crippen LogP contribution in [0.15, 0.2) is 4.52 Å². The van der Waals surface area contributed by atoms with Gasteiger partial charge in [-0.1, -0.05) is 20.8 Å². The first-order valence-electron chi connectivity index (χ1n) is 7.69. The summed E-state index contributed by atoms with van der Waals surface area (Å²) >= 11 is 0. The highest BCUT2D eigenvalue weighted by atomic mass is 16.5. The van der Waals surface area contributed by atoms with Crippen LogP contribution >= 0.6 is 0 Å². The Labute approximate surface area is 122 Å². The van der Waals surface area contributed by atoms with E-state index in [4.69, 9.17) is 10.3 Å². The zero-order chi connectivity index (χ0) is 15.2. The smallest absolute Gasteiger partial charge is 0.266 e. The number of hydrogen-bond acceptors (Lipinski definition) is 5. The Hall–Kier alpha value is -1.10. The van der Waals surface area contributed by atoms with E-state index in [2.05, 4.69) is 49.7 Å². The maximum atomic E-state index is 5.72. The van der Waals surface area contributed by atoms with Crippen molar-refractivity contribution >= 4 is 5.95 Å². The van der Waals surface area contributed by atoms with Gasteiger partial charge in [-0.3, -0.25) is 0 Å². The van der Waals surface area contributed by atoms with Crippen molar-refractivity contribution in [2.45, 2.75) is 53.9 Å². The van der Waals surface area contributed by atoms with Crippen molar-refractivity contribution in [3.63, 3.8) is 0 Å². The van der Waals surface area contributed by atoms with Crippen LogP contribution in [0.5, 0.6) is 0 Å². The molecule has 0 saturated carbocycles. The third-order valence-electron chi connectivity index (χ3n) is 3.95. The summed E-state index contributed by atoms with van der Waals surface area (Å²) in [6.45, 7) is 13.5. The molecule has 1 heterocycles. The topological polar surface area (TPSA) is 68.2 Å². The van der Waals surface area contributed by atoms with Crippen LogP contribution in [0.3, 0.4) is 0 Å². The van der Waals surface area contributed by atoms with Crippen LogP contribution in [0, 0.1) is 11.3 Å². The molecule has 0 amide bonds. The minimum atomic E-state index is 0.265. The van der Waals surface area contributed by atoms with Gasteiger partial charge in [0, 0.05) is 19.5 Å². The quantitative estimate of drug-likeness (QED) is 0.794. The summed E-state index contributed by atoms with van der Waals surface area (Å²) in [5.41, 5.74) is 5.98. The molecule has 2 N–H and O–H groups in total. The standard InChI is InChI=1S/C15H30N4O/c1-6-19(7-2)14-17-13(20-18-14)9-8-12(10-11-16)15(3,4)5/h12H,6-11,16H2,1-5H3. The lowest BCUT2D eigenvalue weighted by Gasteiger charge is -2.30. The predicted octanol–water partition coefficient (Wildman–Crippen LogP) is 2.86. The van der Waals surface area contributed by atoms with Gasteiger partial charge >= 0.3 is 0 Å². The van der Waals surface area contributed by atoms with Crippen LogP contribution in [-0.4, -0.2) is 29.8 Å². The number of hydrogen-bond donors (Lipinski definition) is 1. The largest absolute Gasteiger partial charge is 0.339 e. The normalized spacial score (nSPS) is 13.5. The molecule has 1 atom stereocenters. The Morgan fingerprint density at radius 3 is 2.35 bits per heavy atom. The van der Waals surface area contributed by atoms with Crippen molar-refractivity contribution in [3.05, 3.63) is 5.89 Å². The lowest BCUT2D eigenvalue weighted by atomic mass is 9.76. The summed E-state index contributed by atoms with van der Waals surface area (Å²) in [4.78, 5) is 6.57. The Morgan fingerprint density at radius 2 is 1.85 bits per heavy atom. The van der Waals surface area contributed by atoms with E-state index in [1.54, 1.807) is 0 Å². The maximum absolute atomic E-state index is 5.72. The van der Waals surface area contributed by atoms with Crippen LogP contribution in [-0.2, 0) is 6.42 Å². The van der Waals surface area contributed by atoms with E-state index in [0.29, 0.717) is 11.9 Å². The van der Waals surface area contributed by atoms with Gasteiger partial charge in [0.25, 0.3) is 5.95 Å². The molecule has 0 saturated heterocycles. The first-order chi connectivity index (χ1) is 9.42. The monoisotopic (exact) mass is 282 g/mol. The minimum Gasteiger partial charge on any atom is -0.339 e. The van der Waals surface area contributed by atoms with Gasteiger partial charge in [-0.15, -0.1) is 0 Å². The fourth-order valence-electron chi connectivity index (χ4n) is 2.49. The molecule has 0 aromatic carbocycles. The van der Waals surface area contributed by atoms with Gasteiger partial charge in [0.2, 0.25) is 5.89 Å². The third kappa shape index (κ3) is 4.78. The van der Waals surface area contributed by atoms with E-state index in [0.717, 1.165) is 44.8 Å². The average Bonchev–Trinajstić information content (AvgIpc) is 2.83. The molecule has 5 nitrogen and oxygen atoms in total. The first kappa shape index (κ1) is 17.0. The molecule has 0 aliphatic rings. The summed E-state index contributed by atoms with van der Waals surface area (Å²) in [7, 11) is 0. The van der Waals surface area contributed by atoms with Gasteiger partial charge in [-0.25, -0.2) is 0 Å². The molecule has 0 aliphatic heterocycles. The van der Waals surface area contributed by atoms with Gasteiger partial charge in [0.05, 0.1) is 0 Å². The van der Waals surface area contributed by atoms with Gasteiger partial charge in [-0.2, -0.15) is 4.98 Å². The molecule has 20 heavy (non-hydrogen) atoms. The SMILES string of the molecule is CCN(CC)c1noc(CCC(CCN)C(C)(C)C)n1. The lowest BCUT2D eigenvalue weighted by molar-refractivity contribution is 0.208. The Morgan fingerprint density at radius 1 is 1.20 bits per heavy atom. The second-order valence-electron chi connectivity index (χ2n) is 6.34. The fraction of sp³-hybridized carbons (Fsp3) is 0.867. The molecule has 0 aliphatic carbocycles. The molecule has 0 spiro atoms. The van der Waals surface area contributed by atoms with Crippen molar-refractivity contribution in [1.29, 1.82) is 0 Å². The second-order valence-corrected chi connectivity index (χ2v) is 6.34. The van der Waals surface area contributed by atoms with E-state index >= 15 is 0 Å². The summed E-state index contributed by atoms with van der Waals surface area (Å²) in [5, 5.41) is 4.06. The Bertz CT molecular complexity index is 379. The lowest BCUT2D eigenvalue weighted by Crippen LogP contribution is -2.24. The highest BCUT2D eigenvalue weighted by molar-refractivity contribution is 5.26. The molecular weight excluding hydrogens is 252 g/mol. The number of nitrogens with two attached hydrogens (primary N) is 1. The number of aryl methyl sites for hydroxylation is 1. The zero-order valence-corrected chi connectivity index (χ0v) is 13.6. The molecule has 1 aromatic rings. The van der Waals surface area contributed by atoms with Crippen molar-refractivity contribution < 1.29 is 4.52 Å². The minimum absolute atomic E-state index is 0.265. The highest BCUT2D eigenvalue weighted by Gasteiger charge is 2.24. The second kappa shape index (κ2) is 7.62. The number of nitrogens with zero attached hydrogens (tertiary/aromatic N) is 3. The van der Waals surface area contributed by atoms with Gasteiger partial charge in [0.15, 0.2) is 0 Å². The van der Waals surface area contributed by atoms with Gasteiger partial charge in [-0.05, 0) is 49.7 Å². The molecule has 1 unspecified atom stereocenters. The van der Waals surface area contributed by atoms with Crippen LogP contribution in [0.25, 0.3) is 0 Å². The number of rotatable bonds is 8. The molecule has 5 heteroatoms. The average molecular weight is 282 g/mol. The predicted molar refractivity (Wildman–Crippen MR) is 82.8 cm³/mol. The summed E-state index contributed by atoms with van der Waals surface area (Å²) < 4.78 is 5.36. The van der Waals surface area contributed by atoms with Crippen molar-refractivity contribution in [1.82, 2.24) is 10.1 Å². The maximum Gasteiger partial charge on any atom is 0.266 e. The zero-order valence-electron chi connectivity index (χ0n) is 13.6. The molecule has 0 bridgehead atoms. The van der Waals surface area contributed by atoms with Gasteiger partial charge < -0.3 is 15.2 Å². The van der Waals surface area contributed by atoms with E-state index in [9.17, 15) is 0 Å². The molecule has 0 fully saturated rings. The molecule has 1 aromatic heterocycles. The Kier molecular flexibility index (Phi) is 6.46. The van der Waals surface area contributed by atoms with Crippen molar-refractivity contribution in [3.8, 4) is 0 Å². The van der Waals surface area contributed by atoms with Crippen LogP contribution in [0.2, 0.25) is 0 Å². The molecule has 1 rings (SSSR count). The Balaban J connectivity index is 2.60. The summed E-state index contributed by atoms with van der Waals surface area (Å²) in [5.74, 6) is 2.02. The third-order valence-corrected chi connectivity index (χ3v) is 3.95. The fourth-order valence-corrected chi connectivity index (χ4v) is 2.49. The number of anilines is 1. The van der Waals surface area contributed by atoms with Crippen molar-refractivity contribution in [2.75, 3.05) is 24.5 Å². The molecular formula is C15H30N4O. The van der Waals surface area contributed by atoms with Gasteiger partial charge in [0.1, 0.15) is 0 Å².